The second-order valence-electron chi connectivity index (χ2n) is 7.60. The number of aromatic amines is 1. The van der Waals surface area contributed by atoms with Crippen molar-refractivity contribution >= 4 is 5.91 Å². The third-order valence-corrected chi connectivity index (χ3v) is 4.41. The third-order valence-electron chi connectivity index (χ3n) is 4.41. The van der Waals surface area contributed by atoms with Gasteiger partial charge < -0.3 is 4.90 Å². The van der Waals surface area contributed by atoms with Crippen LogP contribution in [0.2, 0.25) is 0 Å². The van der Waals surface area contributed by atoms with Crippen molar-refractivity contribution in [1.82, 2.24) is 25.1 Å². The molecule has 1 unspecified atom stereocenters. The van der Waals surface area contributed by atoms with Crippen molar-refractivity contribution in [3.8, 4) is 11.4 Å². The van der Waals surface area contributed by atoms with E-state index in [-0.39, 0.29) is 17.2 Å². The predicted octanol–water partition coefficient (Wildman–Crippen LogP) is 2.93. The number of nitrogens with zero attached hydrogens (tertiary/aromatic N) is 4. The van der Waals surface area contributed by atoms with Gasteiger partial charge in [0, 0.05) is 36.3 Å². The van der Waals surface area contributed by atoms with Gasteiger partial charge in [0.15, 0.2) is 0 Å². The molecule has 1 atom stereocenters. The highest BCUT2D eigenvalue weighted by Crippen LogP contribution is 2.29. The minimum absolute atomic E-state index is 0.212. The molecule has 1 N–H and O–H groups in total. The van der Waals surface area contributed by atoms with Gasteiger partial charge in [-0.1, -0.05) is 20.8 Å². The molecule has 0 bridgehead atoms. The first kappa shape index (κ1) is 16.6. The number of H-pyrrole nitrogens is 1. The van der Waals surface area contributed by atoms with Crippen LogP contribution in [0.4, 0.5) is 0 Å². The van der Waals surface area contributed by atoms with Gasteiger partial charge >= 0.3 is 0 Å². The minimum Gasteiger partial charge on any atom is -0.342 e. The molecule has 3 rings (SSSR count). The van der Waals surface area contributed by atoms with Gasteiger partial charge in [-0.15, -0.1) is 0 Å². The van der Waals surface area contributed by atoms with Crippen LogP contribution in [0.15, 0.2) is 18.5 Å². The Kier molecular flexibility index (Phi) is 4.39. The Hall–Kier alpha value is -2.24. The van der Waals surface area contributed by atoms with E-state index in [4.69, 9.17) is 0 Å². The number of hydrogen-bond donors (Lipinski definition) is 1. The van der Waals surface area contributed by atoms with Crippen molar-refractivity contribution in [2.24, 2.45) is 5.41 Å². The van der Waals surface area contributed by atoms with Gasteiger partial charge in [-0.05, 0) is 25.8 Å². The van der Waals surface area contributed by atoms with Crippen molar-refractivity contribution in [3.63, 3.8) is 0 Å². The zero-order valence-electron chi connectivity index (χ0n) is 14.8. The first-order chi connectivity index (χ1) is 11.3. The van der Waals surface area contributed by atoms with E-state index in [1.807, 2.05) is 44.9 Å². The average molecular weight is 327 g/mol. The normalized spacial score (nSPS) is 18.7. The monoisotopic (exact) mass is 327 g/mol. The van der Waals surface area contributed by atoms with Crippen LogP contribution in [0.5, 0.6) is 0 Å². The van der Waals surface area contributed by atoms with Crippen LogP contribution >= 0.6 is 0 Å². The number of nitrogens with one attached hydrogen (secondary N) is 1. The summed E-state index contributed by atoms with van der Waals surface area (Å²) in [6, 6.07) is 1.95. The molecule has 0 aliphatic carbocycles. The molecule has 2 aromatic rings. The Balaban J connectivity index is 1.73. The molecule has 1 aliphatic rings. The second kappa shape index (κ2) is 6.34. The van der Waals surface area contributed by atoms with E-state index >= 15 is 0 Å². The van der Waals surface area contributed by atoms with E-state index in [0.717, 1.165) is 48.7 Å². The highest BCUT2D eigenvalue weighted by molar-refractivity contribution is 5.81. The fourth-order valence-corrected chi connectivity index (χ4v) is 3.11. The minimum atomic E-state index is -0.338. The van der Waals surface area contributed by atoms with Gasteiger partial charge in [-0.2, -0.15) is 5.10 Å². The molecule has 24 heavy (non-hydrogen) atoms. The SMILES string of the molecule is Cc1cc(-c2cnc(C3CCCN(C(=O)C(C)(C)C)C3)cn2)n[nH]1. The number of hydrogen-bond acceptors (Lipinski definition) is 4. The predicted molar refractivity (Wildman–Crippen MR) is 92.4 cm³/mol. The highest BCUT2D eigenvalue weighted by atomic mass is 16.2. The van der Waals surface area contributed by atoms with E-state index < -0.39 is 0 Å². The molecule has 1 saturated heterocycles. The van der Waals surface area contributed by atoms with Gasteiger partial charge in [0.1, 0.15) is 11.4 Å². The van der Waals surface area contributed by atoms with Crippen LogP contribution in [0, 0.1) is 12.3 Å². The quantitative estimate of drug-likeness (QED) is 0.920. The summed E-state index contributed by atoms with van der Waals surface area (Å²) in [5, 5.41) is 7.13. The van der Waals surface area contributed by atoms with Crippen molar-refractivity contribution in [2.75, 3.05) is 13.1 Å². The van der Waals surface area contributed by atoms with Gasteiger partial charge in [-0.3, -0.25) is 19.9 Å². The number of aryl methyl sites for hydroxylation is 1. The fraction of sp³-hybridized carbons (Fsp3) is 0.556. The lowest BCUT2D eigenvalue weighted by atomic mass is 9.90. The molecule has 1 aliphatic heterocycles. The summed E-state index contributed by atoms with van der Waals surface area (Å²) in [6.45, 7) is 9.44. The molecule has 128 valence electrons. The number of carbonyl (C=O) groups is 1. The maximum atomic E-state index is 12.5. The standard InChI is InChI=1S/C18H25N5O/c1-12-8-14(22-21-12)16-10-19-15(9-20-16)13-6-5-7-23(11-13)17(24)18(2,3)4/h8-10,13H,5-7,11H2,1-4H3,(H,21,22). The lowest BCUT2D eigenvalue weighted by Gasteiger charge is -2.36. The van der Waals surface area contributed by atoms with Gasteiger partial charge in [0.2, 0.25) is 5.91 Å². The first-order valence-electron chi connectivity index (χ1n) is 8.48. The lowest BCUT2D eigenvalue weighted by molar-refractivity contribution is -0.140. The summed E-state index contributed by atoms with van der Waals surface area (Å²) in [6.07, 6.45) is 5.66. The zero-order valence-corrected chi connectivity index (χ0v) is 14.8. The van der Waals surface area contributed by atoms with E-state index in [1.54, 1.807) is 6.20 Å². The Morgan fingerprint density at radius 2 is 2.04 bits per heavy atom. The number of aromatic nitrogens is 4. The maximum absolute atomic E-state index is 12.5. The highest BCUT2D eigenvalue weighted by Gasteiger charge is 2.31. The van der Waals surface area contributed by atoms with Crippen LogP contribution < -0.4 is 0 Å². The number of amides is 1. The summed E-state index contributed by atoms with van der Waals surface area (Å²) < 4.78 is 0. The maximum Gasteiger partial charge on any atom is 0.227 e. The van der Waals surface area contributed by atoms with Crippen molar-refractivity contribution < 1.29 is 4.79 Å². The molecule has 3 heterocycles. The molecular weight excluding hydrogens is 302 g/mol. The van der Waals surface area contributed by atoms with E-state index in [1.165, 1.54) is 0 Å². The van der Waals surface area contributed by atoms with Gasteiger partial charge in [0.05, 0.1) is 11.9 Å². The Labute approximate surface area is 142 Å². The molecule has 0 saturated carbocycles. The number of piperidine rings is 1. The zero-order chi connectivity index (χ0) is 17.3. The molecule has 2 aromatic heterocycles. The van der Waals surface area contributed by atoms with E-state index in [2.05, 4.69) is 20.2 Å². The van der Waals surface area contributed by atoms with Crippen molar-refractivity contribution in [1.29, 1.82) is 0 Å². The largest absolute Gasteiger partial charge is 0.342 e. The summed E-state index contributed by atoms with van der Waals surface area (Å²) in [5.41, 5.74) is 3.19. The molecular formula is C18H25N5O. The van der Waals surface area contributed by atoms with Crippen LogP contribution in [0.1, 0.15) is 50.9 Å². The Morgan fingerprint density at radius 3 is 2.62 bits per heavy atom. The fourth-order valence-electron chi connectivity index (χ4n) is 3.11. The first-order valence-corrected chi connectivity index (χ1v) is 8.48. The summed E-state index contributed by atoms with van der Waals surface area (Å²) in [4.78, 5) is 23.6. The summed E-state index contributed by atoms with van der Waals surface area (Å²) >= 11 is 0. The Morgan fingerprint density at radius 1 is 1.25 bits per heavy atom. The van der Waals surface area contributed by atoms with E-state index in [9.17, 15) is 4.79 Å². The van der Waals surface area contributed by atoms with Gasteiger partial charge in [-0.25, -0.2) is 0 Å². The molecule has 1 fully saturated rings. The number of likely N-dealkylation sites (tertiary alicyclic amines) is 1. The molecule has 0 radical (unpaired) electrons. The van der Waals surface area contributed by atoms with Crippen molar-refractivity contribution in [3.05, 3.63) is 29.8 Å². The van der Waals surface area contributed by atoms with Crippen LogP contribution in [0.3, 0.4) is 0 Å². The van der Waals surface area contributed by atoms with E-state index in [0.29, 0.717) is 0 Å². The summed E-state index contributed by atoms with van der Waals surface area (Å²) in [5.74, 6) is 0.469. The topological polar surface area (TPSA) is 74.8 Å². The van der Waals surface area contributed by atoms with Crippen LogP contribution in [-0.4, -0.2) is 44.1 Å². The molecule has 1 amide bonds. The van der Waals surface area contributed by atoms with Crippen LogP contribution in [-0.2, 0) is 4.79 Å². The van der Waals surface area contributed by atoms with Gasteiger partial charge in [0.25, 0.3) is 0 Å². The molecule has 0 spiro atoms. The smallest absolute Gasteiger partial charge is 0.227 e. The number of rotatable bonds is 2. The third kappa shape index (κ3) is 3.47. The lowest BCUT2D eigenvalue weighted by Crippen LogP contribution is -2.44. The van der Waals surface area contributed by atoms with Crippen molar-refractivity contribution in [2.45, 2.75) is 46.5 Å². The van der Waals surface area contributed by atoms with Crippen LogP contribution in [0.25, 0.3) is 11.4 Å². The summed E-state index contributed by atoms with van der Waals surface area (Å²) in [7, 11) is 0. The Bertz CT molecular complexity index is 714. The molecule has 6 nitrogen and oxygen atoms in total. The molecule has 0 aromatic carbocycles. The molecule has 6 heteroatoms. The second-order valence-corrected chi connectivity index (χ2v) is 7.60. The number of carbonyl (C=O) groups excluding carboxylic acids is 1. The average Bonchev–Trinajstić information content (AvgIpc) is 3.00.